The molecule has 1 unspecified atom stereocenters. The van der Waals surface area contributed by atoms with E-state index in [1.54, 1.807) is 50.4 Å². The normalized spacial score (nSPS) is 13.5. The second-order valence-electron chi connectivity index (χ2n) is 5.89. The van der Waals surface area contributed by atoms with E-state index in [0.29, 0.717) is 29.0 Å². The molecule has 0 saturated carbocycles. The highest BCUT2D eigenvalue weighted by Gasteiger charge is 2.25. The Bertz CT molecular complexity index is 831. The Kier molecular flexibility index (Phi) is 4.61. The number of methoxy groups -OCH3 is 1. The second-order valence-corrected chi connectivity index (χ2v) is 5.89. The largest absolute Gasteiger partial charge is 0.497 e. The van der Waals surface area contributed by atoms with Crippen LogP contribution < -0.4 is 14.8 Å². The molecule has 0 fully saturated rings. The van der Waals surface area contributed by atoms with Crippen molar-refractivity contribution in [1.82, 2.24) is 5.32 Å². The second kappa shape index (κ2) is 6.84. The minimum Gasteiger partial charge on any atom is -0.497 e. The van der Waals surface area contributed by atoms with Crippen LogP contribution in [0.4, 0.5) is 0 Å². The van der Waals surface area contributed by atoms with Gasteiger partial charge in [-0.05, 0) is 53.9 Å². The Morgan fingerprint density at radius 3 is 2.72 bits per heavy atom. The summed E-state index contributed by atoms with van der Waals surface area (Å²) >= 11 is 0. The molecule has 0 radical (unpaired) electrons. The van der Waals surface area contributed by atoms with Crippen molar-refractivity contribution in [3.63, 3.8) is 0 Å². The molecule has 1 aliphatic rings. The smallest absolute Gasteiger partial charge is 0.330 e. The van der Waals surface area contributed by atoms with Crippen molar-refractivity contribution < 1.29 is 24.2 Å². The molecule has 2 aromatic rings. The molecule has 6 nitrogen and oxygen atoms in total. The number of fused-ring (bicyclic) bond motifs is 1. The molecule has 1 amide bonds. The number of rotatable bonds is 5. The van der Waals surface area contributed by atoms with Gasteiger partial charge in [0, 0.05) is 12.0 Å². The fourth-order valence-corrected chi connectivity index (χ4v) is 2.90. The number of amides is 1. The molecule has 3 rings (SSSR count). The first-order valence-electron chi connectivity index (χ1n) is 7.93. The summed E-state index contributed by atoms with van der Waals surface area (Å²) in [5.74, 6) is -0.143. The lowest BCUT2D eigenvalue weighted by Crippen LogP contribution is -2.34. The molecule has 25 heavy (non-hydrogen) atoms. The van der Waals surface area contributed by atoms with Crippen molar-refractivity contribution in [2.24, 2.45) is 0 Å². The maximum absolute atomic E-state index is 12.5. The first kappa shape index (κ1) is 16.8. The summed E-state index contributed by atoms with van der Waals surface area (Å²) in [5.41, 5.74) is 2.61. The molecule has 0 spiro atoms. The van der Waals surface area contributed by atoms with Crippen LogP contribution >= 0.6 is 0 Å². The standard InChI is InChI=1S/C19H19NO5/c1-11-9-14(24-2)4-5-15(11)18(21)20-17(19(22)23)13-3-6-16-12(10-13)7-8-25-16/h3-6,9-10,17H,7-8H2,1-2H3,(H,20,21)(H,22,23). The Balaban J connectivity index is 1.85. The van der Waals surface area contributed by atoms with Crippen molar-refractivity contribution in [2.45, 2.75) is 19.4 Å². The van der Waals surface area contributed by atoms with Crippen molar-refractivity contribution in [2.75, 3.05) is 13.7 Å². The number of hydrogen-bond donors (Lipinski definition) is 2. The fourth-order valence-electron chi connectivity index (χ4n) is 2.90. The third-order valence-corrected chi connectivity index (χ3v) is 4.25. The minimum atomic E-state index is -1.13. The van der Waals surface area contributed by atoms with Crippen molar-refractivity contribution >= 4 is 11.9 Å². The van der Waals surface area contributed by atoms with Gasteiger partial charge in [-0.1, -0.05) is 6.07 Å². The Morgan fingerprint density at radius 1 is 1.24 bits per heavy atom. The van der Waals surface area contributed by atoms with Gasteiger partial charge in [0.1, 0.15) is 11.5 Å². The molecular weight excluding hydrogens is 322 g/mol. The van der Waals surface area contributed by atoms with E-state index in [-0.39, 0.29) is 0 Å². The molecule has 0 saturated heterocycles. The van der Waals surface area contributed by atoms with Gasteiger partial charge in [0.25, 0.3) is 5.91 Å². The van der Waals surface area contributed by atoms with Crippen LogP contribution in [0.15, 0.2) is 36.4 Å². The van der Waals surface area contributed by atoms with E-state index >= 15 is 0 Å². The van der Waals surface area contributed by atoms with Crippen molar-refractivity contribution in [3.05, 3.63) is 58.7 Å². The van der Waals surface area contributed by atoms with Crippen LogP contribution in [0.2, 0.25) is 0 Å². The highest BCUT2D eigenvalue weighted by molar-refractivity contribution is 5.98. The first-order valence-corrected chi connectivity index (χ1v) is 7.93. The van der Waals surface area contributed by atoms with Gasteiger partial charge < -0.3 is 19.9 Å². The molecule has 1 heterocycles. The van der Waals surface area contributed by atoms with Crippen LogP contribution in [-0.4, -0.2) is 30.7 Å². The molecular formula is C19H19NO5. The molecule has 0 bridgehead atoms. The number of aliphatic carboxylic acids is 1. The van der Waals surface area contributed by atoms with Crippen LogP contribution in [-0.2, 0) is 11.2 Å². The molecule has 0 aliphatic carbocycles. The number of carbonyl (C=O) groups excluding carboxylic acids is 1. The molecule has 130 valence electrons. The van der Waals surface area contributed by atoms with Crippen LogP contribution in [0.25, 0.3) is 0 Å². The number of hydrogen-bond acceptors (Lipinski definition) is 4. The van der Waals surface area contributed by atoms with Gasteiger partial charge in [-0.3, -0.25) is 4.79 Å². The van der Waals surface area contributed by atoms with E-state index < -0.39 is 17.9 Å². The summed E-state index contributed by atoms with van der Waals surface area (Å²) in [7, 11) is 1.55. The van der Waals surface area contributed by atoms with E-state index in [1.807, 2.05) is 0 Å². The highest BCUT2D eigenvalue weighted by atomic mass is 16.5. The van der Waals surface area contributed by atoms with Crippen LogP contribution in [0.1, 0.15) is 33.1 Å². The maximum Gasteiger partial charge on any atom is 0.330 e. The Hall–Kier alpha value is -3.02. The first-order chi connectivity index (χ1) is 12.0. The number of carboxylic acids is 1. The quantitative estimate of drug-likeness (QED) is 0.873. The zero-order valence-corrected chi connectivity index (χ0v) is 14.0. The molecule has 1 aliphatic heterocycles. The van der Waals surface area contributed by atoms with Gasteiger partial charge in [-0.15, -0.1) is 0 Å². The summed E-state index contributed by atoms with van der Waals surface area (Å²) in [4.78, 5) is 24.2. The lowest BCUT2D eigenvalue weighted by molar-refractivity contribution is -0.139. The van der Waals surface area contributed by atoms with Crippen LogP contribution in [0.5, 0.6) is 11.5 Å². The van der Waals surface area contributed by atoms with E-state index in [9.17, 15) is 14.7 Å². The average Bonchev–Trinajstić information content (AvgIpc) is 3.06. The average molecular weight is 341 g/mol. The molecule has 2 aromatic carbocycles. The number of carbonyl (C=O) groups is 2. The van der Waals surface area contributed by atoms with Gasteiger partial charge in [-0.2, -0.15) is 0 Å². The summed E-state index contributed by atoms with van der Waals surface area (Å²) in [6, 6.07) is 9.10. The zero-order valence-electron chi connectivity index (χ0n) is 14.0. The number of carboxylic acid groups (broad SMARTS) is 1. The van der Waals surface area contributed by atoms with Gasteiger partial charge >= 0.3 is 5.97 Å². The topological polar surface area (TPSA) is 84.9 Å². The van der Waals surface area contributed by atoms with Crippen LogP contribution in [0, 0.1) is 6.92 Å². The molecule has 2 N–H and O–H groups in total. The van der Waals surface area contributed by atoms with Crippen molar-refractivity contribution in [3.8, 4) is 11.5 Å². The Morgan fingerprint density at radius 2 is 2.04 bits per heavy atom. The monoisotopic (exact) mass is 341 g/mol. The predicted octanol–water partition coefficient (Wildman–Crippen LogP) is 2.49. The SMILES string of the molecule is COc1ccc(C(=O)NC(C(=O)O)c2ccc3c(c2)CCO3)c(C)c1. The van der Waals surface area contributed by atoms with E-state index in [4.69, 9.17) is 9.47 Å². The summed E-state index contributed by atoms with van der Waals surface area (Å²) in [6.07, 6.45) is 0.737. The fraction of sp³-hybridized carbons (Fsp3) is 0.263. The minimum absolute atomic E-state index is 0.413. The summed E-state index contributed by atoms with van der Waals surface area (Å²) in [6.45, 7) is 2.37. The van der Waals surface area contributed by atoms with Gasteiger partial charge in [0.05, 0.1) is 13.7 Å². The van der Waals surface area contributed by atoms with Crippen LogP contribution in [0.3, 0.4) is 0 Å². The Labute approximate surface area is 145 Å². The van der Waals surface area contributed by atoms with E-state index in [2.05, 4.69) is 5.32 Å². The van der Waals surface area contributed by atoms with E-state index in [1.165, 1.54) is 0 Å². The molecule has 1 atom stereocenters. The highest BCUT2D eigenvalue weighted by Crippen LogP contribution is 2.28. The summed E-state index contributed by atoms with van der Waals surface area (Å²) < 4.78 is 10.6. The van der Waals surface area contributed by atoms with Crippen molar-refractivity contribution in [1.29, 1.82) is 0 Å². The van der Waals surface area contributed by atoms with E-state index in [0.717, 1.165) is 17.7 Å². The number of benzene rings is 2. The molecule has 6 heteroatoms. The predicted molar refractivity (Wildman–Crippen MR) is 91.2 cm³/mol. The van der Waals surface area contributed by atoms with Gasteiger partial charge in [0.15, 0.2) is 6.04 Å². The lowest BCUT2D eigenvalue weighted by Gasteiger charge is -2.17. The summed E-state index contributed by atoms with van der Waals surface area (Å²) in [5, 5.41) is 12.2. The maximum atomic E-state index is 12.5. The molecule has 0 aromatic heterocycles. The number of aryl methyl sites for hydroxylation is 1. The van der Waals surface area contributed by atoms with Gasteiger partial charge in [-0.25, -0.2) is 4.79 Å². The third kappa shape index (κ3) is 3.42. The zero-order chi connectivity index (χ0) is 18.0. The third-order valence-electron chi connectivity index (χ3n) is 4.25. The lowest BCUT2D eigenvalue weighted by atomic mass is 10.0. The number of ether oxygens (including phenoxy) is 2. The van der Waals surface area contributed by atoms with Gasteiger partial charge in [0.2, 0.25) is 0 Å². The number of nitrogens with one attached hydrogen (secondary N) is 1.